The van der Waals surface area contributed by atoms with Gasteiger partial charge in [-0.3, -0.25) is 0 Å². The van der Waals surface area contributed by atoms with Crippen LogP contribution in [0, 0.1) is 23.7 Å². The normalized spacial score (nSPS) is 39.9. The maximum Gasteiger partial charge on any atom is -0.0380 e. The van der Waals surface area contributed by atoms with Gasteiger partial charge in [-0.1, -0.05) is 13.8 Å². The molecule has 0 heterocycles. The molecule has 0 saturated heterocycles. The van der Waals surface area contributed by atoms with Crippen LogP contribution >= 0.6 is 0 Å². The maximum absolute atomic E-state index is 2.37. The van der Waals surface area contributed by atoms with Crippen molar-refractivity contribution >= 4 is 0 Å². The van der Waals surface area contributed by atoms with Gasteiger partial charge in [-0.05, 0) is 49.4 Å². The first-order valence-corrected chi connectivity index (χ1v) is 4.77. The lowest BCUT2D eigenvalue weighted by molar-refractivity contribution is 0.123. The fourth-order valence-electron chi connectivity index (χ4n) is 2.21. The Bertz CT molecular complexity index is 110. The summed E-state index contributed by atoms with van der Waals surface area (Å²) in [4.78, 5) is 0. The zero-order valence-electron chi connectivity index (χ0n) is 7.14. The molecule has 0 nitrogen and oxygen atoms in total. The predicted molar refractivity (Wildman–Crippen MR) is 43.8 cm³/mol. The van der Waals surface area contributed by atoms with Crippen LogP contribution in [0.2, 0.25) is 0 Å². The molecule has 0 spiro atoms. The molecule has 0 radical (unpaired) electrons. The molecule has 2 aliphatic carbocycles. The quantitative estimate of drug-likeness (QED) is 0.550. The number of rotatable bonds is 2. The molecule has 0 atom stereocenters. The molecular weight excluding hydrogens is 120 g/mol. The van der Waals surface area contributed by atoms with E-state index in [4.69, 9.17) is 0 Å². The van der Waals surface area contributed by atoms with E-state index in [-0.39, 0.29) is 0 Å². The van der Waals surface area contributed by atoms with E-state index in [1.165, 1.54) is 5.92 Å². The van der Waals surface area contributed by atoms with Crippen LogP contribution in [0.5, 0.6) is 0 Å². The summed E-state index contributed by atoms with van der Waals surface area (Å²) in [5.74, 6) is 4.38. The van der Waals surface area contributed by atoms with E-state index in [1.807, 2.05) is 0 Å². The lowest BCUT2D eigenvalue weighted by atomic mass is 9.67. The molecule has 0 unspecified atom stereocenters. The summed E-state index contributed by atoms with van der Waals surface area (Å²) in [5.41, 5.74) is 0. The Labute approximate surface area is 64.0 Å². The van der Waals surface area contributed by atoms with Crippen molar-refractivity contribution in [3.8, 4) is 0 Å². The van der Waals surface area contributed by atoms with Gasteiger partial charge >= 0.3 is 0 Å². The van der Waals surface area contributed by atoms with Gasteiger partial charge in [-0.15, -0.1) is 0 Å². The zero-order chi connectivity index (χ0) is 7.14. The summed E-state index contributed by atoms with van der Waals surface area (Å²) in [6.45, 7) is 4.74. The Balaban J connectivity index is 1.72. The number of hydrogen-bond acceptors (Lipinski definition) is 0. The molecule has 2 rings (SSSR count). The maximum atomic E-state index is 2.37. The summed E-state index contributed by atoms with van der Waals surface area (Å²) in [6.07, 6.45) is 6.22. The summed E-state index contributed by atoms with van der Waals surface area (Å²) in [6, 6.07) is 0. The molecule has 10 heavy (non-hydrogen) atoms. The van der Waals surface area contributed by atoms with Crippen molar-refractivity contribution < 1.29 is 0 Å². The highest BCUT2D eigenvalue weighted by molar-refractivity contribution is 4.91. The van der Waals surface area contributed by atoms with Crippen molar-refractivity contribution in [2.75, 3.05) is 0 Å². The van der Waals surface area contributed by atoms with Gasteiger partial charge in [-0.2, -0.15) is 0 Å². The first kappa shape index (κ1) is 6.69. The largest absolute Gasteiger partial charge is 0.0625 e. The summed E-state index contributed by atoms with van der Waals surface area (Å²) >= 11 is 0. The van der Waals surface area contributed by atoms with Crippen LogP contribution in [-0.4, -0.2) is 0 Å². The van der Waals surface area contributed by atoms with Crippen molar-refractivity contribution in [2.24, 2.45) is 23.7 Å². The highest BCUT2D eigenvalue weighted by Gasteiger charge is 2.40. The molecular formula is C10H18. The molecule has 0 aromatic carbocycles. The highest BCUT2D eigenvalue weighted by Crippen LogP contribution is 2.51. The van der Waals surface area contributed by atoms with E-state index in [9.17, 15) is 0 Å². The molecule has 0 aromatic rings. The first-order valence-electron chi connectivity index (χ1n) is 4.77. The molecule has 0 amide bonds. The molecule has 58 valence electrons. The van der Waals surface area contributed by atoms with Crippen molar-refractivity contribution in [3.63, 3.8) is 0 Å². The van der Waals surface area contributed by atoms with Crippen molar-refractivity contribution in [1.29, 1.82) is 0 Å². The Hall–Kier alpha value is 0. The fourth-order valence-corrected chi connectivity index (χ4v) is 2.21. The van der Waals surface area contributed by atoms with Crippen LogP contribution in [-0.2, 0) is 0 Å². The average Bonchev–Trinajstić information content (AvgIpc) is 2.42. The molecule has 2 saturated carbocycles. The van der Waals surface area contributed by atoms with E-state index in [2.05, 4.69) is 13.8 Å². The van der Waals surface area contributed by atoms with Gasteiger partial charge in [-0.25, -0.2) is 0 Å². The van der Waals surface area contributed by atoms with Crippen LogP contribution < -0.4 is 0 Å². The van der Waals surface area contributed by atoms with Crippen LogP contribution in [0.4, 0.5) is 0 Å². The van der Waals surface area contributed by atoms with E-state index < -0.39 is 0 Å². The van der Waals surface area contributed by atoms with Crippen molar-refractivity contribution in [3.05, 3.63) is 0 Å². The molecule has 2 fully saturated rings. The van der Waals surface area contributed by atoms with E-state index in [1.54, 1.807) is 25.7 Å². The summed E-state index contributed by atoms with van der Waals surface area (Å²) in [5, 5.41) is 0. The van der Waals surface area contributed by atoms with Gasteiger partial charge in [0.15, 0.2) is 0 Å². The molecule has 0 aromatic heterocycles. The smallest absolute Gasteiger partial charge is 0.0380 e. The molecule has 0 N–H and O–H groups in total. The van der Waals surface area contributed by atoms with Gasteiger partial charge < -0.3 is 0 Å². The van der Waals surface area contributed by atoms with Crippen LogP contribution in [0.25, 0.3) is 0 Å². The van der Waals surface area contributed by atoms with Gasteiger partial charge in [0.2, 0.25) is 0 Å². The Kier molecular flexibility index (Phi) is 1.51. The average molecular weight is 138 g/mol. The Morgan fingerprint density at radius 2 is 1.60 bits per heavy atom. The highest BCUT2D eigenvalue weighted by atomic mass is 14.5. The minimum Gasteiger partial charge on any atom is -0.0625 e. The molecule has 2 aliphatic rings. The minimum absolute atomic E-state index is 0.954. The third-order valence-corrected chi connectivity index (χ3v) is 3.44. The third kappa shape index (κ3) is 1.09. The van der Waals surface area contributed by atoms with Crippen LogP contribution in [0.1, 0.15) is 39.5 Å². The lowest BCUT2D eigenvalue weighted by Gasteiger charge is -2.38. The Morgan fingerprint density at radius 1 is 1.00 bits per heavy atom. The minimum atomic E-state index is 0.954. The van der Waals surface area contributed by atoms with Gasteiger partial charge in [0.1, 0.15) is 0 Å². The fraction of sp³-hybridized carbons (Fsp3) is 1.00. The monoisotopic (exact) mass is 138 g/mol. The van der Waals surface area contributed by atoms with Gasteiger partial charge in [0.25, 0.3) is 0 Å². The zero-order valence-corrected chi connectivity index (χ0v) is 7.14. The lowest BCUT2D eigenvalue weighted by Crippen LogP contribution is -2.28. The van der Waals surface area contributed by atoms with E-state index in [0.29, 0.717) is 0 Å². The second kappa shape index (κ2) is 2.25. The molecule has 0 heteroatoms. The van der Waals surface area contributed by atoms with E-state index >= 15 is 0 Å². The second-order valence-electron chi connectivity index (χ2n) is 4.57. The first-order chi connectivity index (χ1) is 4.77. The third-order valence-electron chi connectivity index (χ3n) is 3.44. The second-order valence-corrected chi connectivity index (χ2v) is 4.57. The van der Waals surface area contributed by atoms with E-state index in [0.717, 1.165) is 17.8 Å². The van der Waals surface area contributed by atoms with Gasteiger partial charge in [0, 0.05) is 0 Å². The Morgan fingerprint density at radius 3 is 2.00 bits per heavy atom. The summed E-state index contributed by atoms with van der Waals surface area (Å²) < 4.78 is 0. The van der Waals surface area contributed by atoms with Crippen LogP contribution in [0.15, 0.2) is 0 Å². The van der Waals surface area contributed by atoms with Crippen molar-refractivity contribution in [2.45, 2.75) is 39.5 Å². The summed E-state index contributed by atoms with van der Waals surface area (Å²) in [7, 11) is 0. The van der Waals surface area contributed by atoms with Crippen LogP contribution in [0.3, 0.4) is 0 Å². The molecule has 0 bridgehead atoms. The number of hydrogen-bond donors (Lipinski definition) is 0. The standard InChI is InChI=1S/C10H18/c1-7(2)9-5-10(6-9)8-3-4-8/h7-10H,3-6H2,1-2H3. The topological polar surface area (TPSA) is 0 Å². The molecule has 0 aliphatic heterocycles. The van der Waals surface area contributed by atoms with Gasteiger partial charge in [0.05, 0.1) is 0 Å². The SMILES string of the molecule is CC(C)C1CC(C2CC2)C1. The predicted octanol–water partition coefficient (Wildman–Crippen LogP) is 3.08. The van der Waals surface area contributed by atoms with Crippen molar-refractivity contribution in [1.82, 2.24) is 0 Å².